The van der Waals surface area contributed by atoms with Gasteiger partial charge in [0, 0.05) is 24.0 Å². The van der Waals surface area contributed by atoms with Crippen LogP contribution in [0.2, 0.25) is 0 Å². The van der Waals surface area contributed by atoms with E-state index in [1.165, 1.54) is 25.3 Å². The van der Waals surface area contributed by atoms with Crippen LogP contribution >= 0.6 is 0 Å². The molecule has 0 unspecified atom stereocenters. The molecule has 0 saturated heterocycles. The molecule has 1 amide bonds. The maximum absolute atomic E-state index is 12.9. The first kappa shape index (κ1) is 18.3. The molecule has 0 aliphatic rings. The third-order valence-corrected chi connectivity index (χ3v) is 3.96. The summed E-state index contributed by atoms with van der Waals surface area (Å²) < 4.78 is 12.9. The van der Waals surface area contributed by atoms with Gasteiger partial charge in [-0.15, -0.1) is 0 Å². The SMILES string of the molecule is CC(=O)c1ccc(Nc2ccc(C(=O)NCc3ccc(F)cc3)cn2)cc1. The van der Waals surface area contributed by atoms with Crippen molar-refractivity contribution < 1.29 is 14.0 Å². The van der Waals surface area contributed by atoms with Crippen molar-refractivity contribution in [3.8, 4) is 0 Å². The number of ketones is 1. The van der Waals surface area contributed by atoms with Gasteiger partial charge in [0.25, 0.3) is 5.91 Å². The summed E-state index contributed by atoms with van der Waals surface area (Å²) in [5.41, 5.74) is 2.67. The number of Topliss-reactive ketones (excluding diaryl/α,β-unsaturated/α-hetero) is 1. The van der Waals surface area contributed by atoms with Crippen LogP contribution in [-0.2, 0) is 6.54 Å². The van der Waals surface area contributed by atoms with Gasteiger partial charge in [-0.1, -0.05) is 12.1 Å². The molecule has 0 spiro atoms. The minimum atomic E-state index is -0.312. The Kier molecular flexibility index (Phi) is 5.56. The van der Waals surface area contributed by atoms with Crippen LogP contribution in [0.25, 0.3) is 0 Å². The molecule has 0 fully saturated rings. The highest BCUT2D eigenvalue weighted by Gasteiger charge is 2.07. The second kappa shape index (κ2) is 8.23. The predicted molar refractivity (Wildman–Crippen MR) is 102 cm³/mol. The van der Waals surface area contributed by atoms with Crippen LogP contribution in [0.3, 0.4) is 0 Å². The minimum absolute atomic E-state index is 0.00989. The van der Waals surface area contributed by atoms with Crippen LogP contribution in [0.4, 0.5) is 15.9 Å². The monoisotopic (exact) mass is 363 g/mol. The number of hydrogen-bond acceptors (Lipinski definition) is 4. The Hall–Kier alpha value is -3.54. The average Bonchev–Trinajstić information content (AvgIpc) is 2.68. The highest BCUT2D eigenvalue weighted by atomic mass is 19.1. The number of carbonyl (C=O) groups is 2. The van der Waals surface area contributed by atoms with Gasteiger partial charge < -0.3 is 10.6 Å². The highest BCUT2D eigenvalue weighted by molar-refractivity contribution is 5.94. The van der Waals surface area contributed by atoms with Crippen molar-refractivity contribution in [3.05, 3.63) is 89.4 Å². The number of nitrogens with zero attached hydrogens (tertiary/aromatic N) is 1. The van der Waals surface area contributed by atoms with Gasteiger partial charge >= 0.3 is 0 Å². The molecule has 27 heavy (non-hydrogen) atoms. The van der Waals surface area contributed by atoms with E-state index in [-0.39, 0.29) is 17.5 Å². The molecule has 0 bridgehead atoms. The first-order valence-corrected chi connectivity index (χ1v) is 8.38. The second-order valence-corrected chi connectivity index (χ2v) is 6.00. The number of aromatic nitrogens is 1. The van der Waals surface area contributed by atoms with Crippen molar-refractivity contribution in [3.63, 3.8) is 0 Å². The lowest BCUT2D eigenvalue weighted by atomic mass is 10.1. The summed E-state index contributed by atoms with van der Waals surface area (Å²) >= 11 is 0. The Morgan fingerprint density at radius 1 is 0.926 bits per heavy atom. The molecule has 1 heterocycles. The molecule has 6 heteroatoms. The van der Waals surface area contributed by atoms with E-state index in [4.69, 9.17) is 0 Å². The number of halogens is 1. The molecule has 1 aromatic heterocycles. The van der Waals surface area contributed by atoms with Crippen molar-refractivity contribution >= 4 is 23.2 Å². The van der Waals surface area contributed by atoms with Crippen LogP contribution in [-0.4, -0.2) is 16.7 Å². The molecule has 0 aliphatic heterocycles. The van der Waals surface area contributed by atoms with E-state index in [0.29, 0.717) is 23.5 Å². The first-order chi connectivity index (χ1) is 13.0. The van der Waals surface area contributed by atoms with E-state index >= 15 is 0 Å². The molecule has 0 atom stereocenters. The molecular weight excluding hydrogens is 345 g/mol. The van der Waals surface area contributed by atoms with E-state index < -0.39 is 0 Å². The maximum atomic E-state index is 12.9. The fourth-order valence-corrected chi connectivity index (χ4v) is 2.42. The molecule has 136 valence electrons. The Morgan fingerprint density at radius 2 is 1.59 bits per heavy atom. The van der Waals surface area contributed by atoms with E-state index in [2.05, 4.69) is 15.6 Å². The van der Waals surface area contributed by atoms with Crippen LogP contribution in [0.5, 0.6) is 0 Å². The van der Waals surface area contributed by atoms with Gasteiger partial charge in [0.1, 0.15) is 11.6 Å². The Balaban J connectivity index is 1.58. The van der Waals surface area contributed by atoms with Gasteiger partial charge in [0.05, 0.1) is 5.56 Å². The molecule has 2 N–H and O–H groups in total. The molecule has 3 aromatic rings. The van der Waals surface area contributed by atoms with Crippen LogP contribution in [0, 0.1) is 5.82 Å². The fraction of sp³-hybridized carbons (Fsp3) is 0.0952. The summed E-state index contributed by atoms with van der Waals surface area (Å²) in [7, 11) is 0. The van der Waals surface area contributed by atoms with Gasteiger partial charge in [0.15, 0.2) is 5.78 Å². The van der Waals surface area contributed by atoms with Crippen LogP contribution in [0.15, 0.2) is 66.9 Å². The van der Waals surface area contributed by atoms with Crippen LogP contribution in [0.1, 0.15) is 33.2 Å². The van der Waals surface area contributed by atoms with E-state index in [1.807, 2.05) is 0 Å². The lowest BCUT2D eigenvalue weighted by molar-refractivity contribution is 0.0949. The number of carbonyl (C=O) groups excluding carboxylic acids is 2. The van der Waals surface area contributed by atoms with Gasteiger partial charge in [-0.25, -0.2) is 9.37 Å². The summed E-state index contributed by atoms with van der Waals surface area (Å²) in [5.74, 6) is 0.0221. The van der Waals surface area contributed by atoms with E-state index in [1.54, 1.807) is 48.5 Å². The molecule has 0 saturated carbocycles. The summed E-state index contributed by atoms with van der Waals surface area (Å²) in [6.07, 6.45) is 1.48. The molecule has 0 radical (unpaired) electrons. The van der Waals surface area contributed by atoms with Gasteiger partial charge in [-0.3, -0.25) is 9.59 Å². The zero-order valence-corrected chi connectivity index (χ0v) is 14.7. The molecule has 0 aliphatic carbocycles. The zero-order valence-electron chi connectivity index (χ0n) is 14.7. The quantitative estimate of drug-likeness (QED) is 0.647. The summed E-state index contributed by atoms with van der Waals surface area (Å²) in [6, 6.07) is 16.4. The zero-order chi connectivity index (χ0) is 19.2. The molecule has 2 aromatic carbocycles. The molecule has 3 rings (SSSR count). The van der Waals surface area contributed by atoms with Gasteiger partial charge in [-0.2, -0.15) is 0 Å². The number of hydrogen-bond donors (Lipinski definition) is 2. The topological polar surface area (TPSA) is 71.1 Å². The summed E-state index contributed by atoms with van der Waals surface area (Å²) in [4.78, 5) is 27.7. The summed E-state index contributed by atoms with van der Waals surface area (Å²) in [6.45, 7) is 1.82. The van der Waals surface area contributed by atoms with Crippen molar-refractivity contribution in [2.24, 2.45) is 0 Å². The average molecular weight is 363 g/mol. The minimum Gasteiger partial charge on any atom is -0.348 e. The molecular formula is C21H18FN3O2. The number of pyridine rings is 1. The Bertz CT molecular complexity index is 937. The highest BCUT2D eigenvalue weighted by Crippen LogP contribution is 2.16. The second-order valence-electron chi connectivity index (χ2n) is 6.00. The van der Waals surface area contributed by atoms with E-state index in [0.717, 1.165) is 11.3 Å². The predicted octanol–water partition coefficient (Wildman–Crippen LogP) is 4.10. The lowest BCUT2D eigenvalue weighted by Crippen LogP contribution is -2.22. The number of amides is 1. The normalized spacial score (nSPS) is 10.3. The maximum Gasteiger partial charge on any atom is 0.253 e. The van der Waals surface area contributed by atoms with Gasteiger partial charge in [0.2, 0.25) is 0 Å². The van der Waals surface area contributed by atoms with Crippen molar-refractivity contribution in [1.82, 2.24) is 10.3 Å². The number of nitrogens with one attached hydrogen (secondary N) is 2. The number of rotatable bonds is 6. The number of anilines is 2. The standard InChI is InChI=1S/C21H18FN3O2/c1-14(26)16-4-9-19(10-5-16)25-20-11-6-17(13-23-20)21(27)24-12-15-2-7-18(22)8-3-15/h2-11,13H,12H2,1H3,(H,23,25)(H,24,27). The Labute approximate surface area is 156 Å². The van der Waals surface area contributed by atoms with Gasteiger partial charge in [-0.05, 0) is 61.0 Å². The largest absolute Gasteiger partial charge is 0.348 e. The van der Waals surface area contributed by atoms with Crippen molar-refractivity contribution in [2.75, 3.05) is 5.32 Å². The third kappa shape index (κ3) is 4.98. The summed E-state index contributed by atoms with van der Waals surface area (Å²) in [5, 5.41) is 5.88. The number of benzene rings is 2. The lowest BCUT2D eigenvalue weighted by Gasteiger charge is -2.08. The van der Waals surface area contributed by atoms with Crippen molar-refractivity contribution in [2.45, 2.75) is 13.5 Å². The fourth-order valence-electron chi connectivity index (χ4n) is 2.42. The first-order valence-electron chi connectivity index (χ1n) is 8.38. The smallest absolute Gasteiger partial charge is 0.253 e. The van der Waals surface area contributed by atoms with Crippen molar-refractivity contribution in [1.29, 1.82) is 0 Å². The van der Waals surface area contributed by atoms with Crippen LogP contribution < -0.4 is 10.6 Å². The third-order valence-electron chi connectivity index (χ3n) is 3.96. The van der Waals surface area contributed by atoms with E-state index in [9.17, 15) is 14.0 Å². The molecule has 5 nitrogen and oxygen atoms in total. The Morgan fingerprint density at radius 3 is 2.19 bits per heavy atom.